The second-order valence-electron chi connectivity index (χ2n) is 5.29. The monoisotopic (exact) mass is 291 g/mol. The lowest BCUT2D eigenvalue weighted by Crippen LogP contribution is -2.12. The molecule has 0 aliphatic rings. The summed E-state index contributed by atoms with van der Waals surface area (Å²) in [4.78, 5) is 0. The van der Waals surface area contributed by atoms with Gasteiger partial charge in [-0.25, -0.2) is 0 Å². The van der Waals surface area contributed by atoms with Gasteiger partial charge in [0.1, 0.15) is 0 Å². The fraction of sp³-hybridized carbons (Fsp3) is 0.118. The highest BCUT2D eigenvalue weighted by molar-refractivity contribution is 6.00. The molecular weight excluding hydrogens is 274 g/mol. The van der Waals surface area contributed by atoms with E-state index < -0.39 is 0 Å². The molecule has 0 atom stereocenters. The first-order chi connectivity index (χ1) is 10.7. The average Bonchev–Trinajstić information content (AvgIpc) is 2.92. The fourth-order valence-corrected chi connectivity index (χ4v) is 2.50. The standard InChI is InChI=1S/C17H17N5/c1-12-2-4-13(5-3-12)11-22-9-8-14-10-15(6-7-16(14)22)17(18)20-21-19/h2-10H,11H2,1H3,(H3,18,19,20). The molecule has 0 saturated heterocycles. The van der Waals surface area contributed by atoms with E-state index in [1.54, 1.807) is 0 Å². The number of benzene rings is 2. The second kappa shape index (κ2) is 5.81. The Labute approximate surface area is 128 Å². The number of aromatic nitrogens is 1. The summed E-state index contributed by atoms with van der Waals surface area (Å²) in [6, 6.07) is 16.5. The molecule has 5 heteroatoms. The molecule has 0 spiro atoms. The van der Waals surface area contributed by atoms with Crippen molar-refractivity contribution < 1.29 is 0 Å². The van der Waals surface area contributed by atoms with Crippen molar-refractivity contribution in [3.05, 3.63) is 71.4 Å². The van der Waals surface area contributed by atoms with Crippen LogP contribution in [-0.2, 0) is 6.54 Å². The molecule has 0 unspecified atom stereocenters. The van der Waals surface area contributed by atoms with E-state index in [2.05, 4.69) is 58.3 Å². The Hall–Kier alpha value is -2.95. The average molecular weight is 291 g/mol. The van der Waals surface area contributed by atoms with Crippen molar-refractivity contribution in [2.24, 2.45) is 16.1 Å². The minimum atomic E-state index is 0.253. The van der Waals surface area contributed by atoms with Gasteiger partial charge in [-0.1, -0.05) is 35.1 Å². The van der Waals surface area contributed by atoms with Crippen LogP contribution < -0.4 is 5.73 Å². The SMILES string of the molecule is Cc1ccc(Cn2ccc3cc(C(N)=NN=N)ccc32)cc1. The zero-order valence-corrected chi connectivity index (χ0v) is 12.3. The molecule has 0 radical (unpaired) electrons. The number of nitrogens with zero attached hydrogens (tertiary/aromatic N) is 3. The normalized spacial score (nSPS) is 11.8. The summed E-state index contributed by atoms with van der Waals surface area (Å²) >= 11 is 0. The lowest BCUT2D eigenvalue weighted by Gasteiger charge is -2.07. The first kappa shape index (κ1) is 14.0. The lowest BCUT2D eigenvalue weighted by molar-refractivity contribution is 0.836. The number of hydrogen-bond acceptors (Lipinski definition) is 2. The summed E-state index contributed by atoms with van der Waals surface area (Å²) < 4.78 is 2.20. The minimum Gasteiger partial charge on any atom is -0.382 e. The predicted molar refractivity (Wildman–Crippen MR) is 88.1 cm³/mol. The number of fused-ring (bicyclic) bond motifs is 1. The summed E-state index contributed by atoms with van der Waals surface area (Å²) in [5.74, 6) is 0.253. The fourth-order valence-electron chi connectivity index (χ4n) is 2.50. The molecule has 0 aliphatic heterocycles. The maximum absolute atomic E-state index is 6.74. The van der Waals surface area contributed by atoms with Gasteiger partial charge in [0.05, 0.1) is 0 Å². The number of hydrogen-bond donors (Lipinski definition) is 2. The van der Waals surface area contributed by atoms with Crippen LogP contribution >= 0.6 is 0 Å². The van der Waals surface area contributed by atoms with Gasteiger partial charge in [-0.3, -0.25) is 0 Å². The van der Waals surface area contributed by atoms with Crippen LogP contribution in [0.5, 0.6) is 0 Å². The molecule has 0 bridgehead atoms. The molecule has 3 rings (SSSR count). The van der Waals surface area contributed by atoms with Gasteiger partial charge in [-0.15, -0.1) is 5.10 Å². The molecule has 0 saturated carbocycles. The molecule has 0 fully saturated rings. The van der Waals surface area contributed by atoms with Gasteiger partial charge in [0.2, 0.25) is 0 Å². The van der Waals surface area contributed by atoms with E-state index in [4.69, 9.17) is 11.3 Å². The van der Waals surface area contributed by atoms with Crippen molar-refractivity contribution >= 4 is 16.7 Å². The van der Waals surface area contributed by atoms with Gasteiger partial charge < -0.3 is 10.3 Å². The van der Waals surface area contributed by atoms with E-state index in [9.17, 15) is 0 Å². The van der Waals surface area contributed by atoms with Crippen LogP contribution in [0.25, 0.3) is 10.9 Å². The molecule has 0 amide bonds. The molecule has 2 aromatic carbocycles. The molecule has 1 aromatic heterocycles. The van der Waals surface area contributed by atoms with Gasteiger partial charge in [0, 0.05) is 29.2 Å². The Morgan fingerprint density at radius 3 is 2.64 bits per heavy atom. The maximum atomic E-state index is 6.74. The summed E-state index contributed by atoms with van der Waals surface area (Å²) in [5, 5.41) is 7.62. The molecule has 1 heterocycles. The highest BCUT2D eigenvalue weighted by atomic mass is 15.3. The largest absolute Gasteiger partial charge is 0.382 e. The van der Waals surface area contributed by atoms with E-state index in [-0.39, 0.29) is 5.84 Å². The second-order valence-corrected chi connectivity index (χ2v) is 5.29. The summed E-state index contributed by atoms with van der Waals surface area (Å²) in [6.07, 6.45) is 2.07. The molecule has 0 aliphatic carbocycles. The zero-order chi connectivity index (χ0) is 15.5. The van der Waals surface area contributed by atoms with E-state index >= 15 is 0 Å². The smallest absolute Gasteiger partial charge is 0.155 e. The third-order valence-electron chi connectivity index (χ3n) is 3.70. The Morgan fingerprint density at radius 1 is 1.14 bits per heavy atom. The molecule has 3 aromatic rings. The topological polar surface area (TPSA) is 79.5 Å². The third kappa shape index (κ3) is 2.74. The quantitative estimate of drug-likeness (QED) is 0.327. The van der Waals surface area contributed by atoms with Crippen molar-refractivity contribution in [2.75, 3.05) is 0 Å². The molecule has 5 nitrogen and oxygen atoms in total. The summed E-state index contributed by atoms with van der Waals surface area (Å²) in [6.45, 7) is 2.92. The Bertz CT molecular complexity index is 843. The van der Waals surface area contributed by atoms with Crippen LogP contribution in [0.4, 0.5) is 0 Å². The molecule has 22 heavy (non-hydrogen) atoms. The van der Waals surface area contributed by atoms with Gasteiger partial charge in [0.25, 0.3) is 0 Å². The minimum absolute atomic E-state index is 0.253. The van der Waals surface area contributed by atoms with Crippen LogP contribution in [0.15, 0.2) is 65.1 Å². The van der Waals surface area contributed by atoms with E-state index in [1.165, 1.54) is 11.1 Å². The van der Waals surface area contributed by atoms with E-state index in [0.717, 1.165) is 23.0 Å². The third-order valence-corrected chi connectivity index (χ3v) is 3.70. The van der Waals surface area contributed by atoms with Crippen LogP contribution in [0.3, 0.4) is 0 Å². The highest BCUT2D eigenvalue weighted by Gasteiger charge is 2.05. The zero-order valence-electron chi connectivity index (χ0n) is 12.3. The molecule has 3 N–H and O–H groups in total. The van der Waals surface area contributed by atoms with Crippen LogP contribution in [-0.4, -0.2) is 10.4 Å². The van der Waals surface area contributed by atoms with Crippen molar-refractivity contribution in [3.63, 3.8) is 0 Å². The van der Waals surface area contributed by atoms with Crippen molar-refractivity contribution in [1.82, 2.24) is 4.57 Å². The molecular formula is C17H17N5. The number of nitrogens with one attached hydrogen (secondary N) is 1. The first-order valence-electron chi connectivity index (χ1n) is 7.02. The van der Waals surface area contributed by atoms with Crippen molar-refractivity contribution in [1.29, 1.82) is 5.53 Å². The van der Waals surface area contributed by atoms with Gasteiger partial charge >= 0.3 is 0 Å². The van der Waals surface area contributed by atoms with Gasteiger partial charge in [-0.05, 0) is 36.8 Å². The Kier molecular flexibility index (Phi) is 3.70. The van der Waals surface area contributed by atoms with Crippen LogP contribution in [0.1, 0.15) is 16.7 Å². The predicted octanol–water partition coefficient (Wildman–Crippen LogP) is 3.65. The van der Waals surface area contributed by atoms with Crippen molar-refractivity contribution in [2.45, 2.75) is 13.5 Å². The number of nitrogens with two attached hydrogens (primary N) is 1. The molecule has 110 valence electrons. The summed E-state index contributed by atoms with van der Waals surface area (Å²) in [5.41, 5.74) is 17.0. The highest BCUT2D eigenvalue weighted by Crippen LogP contribution is 2.19. The number of amidine groups is 1. The van der Waals surface area contributed by atoms with Crippen molar-refractivity contribution in [3.8, 4) is 0 Å². The summed E-state index contributed by atoms with van der Waals surface area (Å²) in [7, 11) is 0. The Balaban J connectivity index is 1.94. The Morgan fingerprint density at radius 2 is 1.91 bits per heavy atom. The van der Waals surface area contributed by atoms with Gasteiger partial charge in [-0.2, -0.15) is 5.53 Å². The first-order valence-corrected chi connectivity index (χ1v) is 7.02. The van der Waals surface area contributed by atoms with E-state index in [1.807, 2.05) is 18.2 Å². The van der Waals surface area contributed by atoms with Gasteiger partial charge in [0.15, 0.2) is 5.84 Å². The number of aryl methyl sites for hydroxylation is 1. The van der Waals surface area contributed by atoms with Crippen LogP contribution in [0, 0.1) is 12.5 Å². The van der Waals surface area contributed by atoms with Crippen LogP contribution in [0.2, 0.25) is 0 Å². The van der Waals surface area contributed by atoms with E-state index in [0.29, 0.717) is 0 Å². The maximum Gasteiger partial charge on any atom is 0.155 e. The number of rotatable bonds is 4. The lowest BCUT2D eigenvalue weighted by atomic mass is 10.1.